The SMILES string of the molecule is CC1=CC(=O)[C@@H](O)[C@]2(C)[C@@H]3[C@H](O)[C@H](O)[C@H](C)[C@H]4C(=O)O[C@H]([C@H](O)[C@H]12)[C@]34C. The van der Waals surface area contributed by atoms with Crippen LogP contribution >= 0.6 is 0 Å². The Kier molecular flexibility index (Phi) is 3.59. The molecule has 7 nitrogen and oxygen atoms in total. The minimum atomic E-state index is -1.44. The molecule has 26 heavy (non-hydrogen) atoms. The highest BCUT2D eigenvalue weighted by Gasteiger charge is 2.77. The number of esters is 1. The van der Waals surface area contributed by atoms with Crippen LogP contribution in [0.4, 0.5) is 0 Å². The molecule has 0 unspecified atom stereocenters. The maximum absolute atomic E-state index is 12.6. The number of hydrogen-bond donors (Lipinski definition) is 4. The van der Waals surface area contributed by atoms with E-state index in [4.69, 9.17) is 4.74 Å². The average Bonchev–Trinajstić information content (AvgIpc) is 2.81. The van der Waals surface area contributed by atoms with Gasteiger partial charge in [-0.25, -0.2) is 0 Å². The molecular formula is C19H26O7. The molecule has 1 aliphatic heterocycles. The number of ether oxygens (including phenoxy) is 1. The van der Waals surface area contributed by atoms with Crippen LogP contribution < -0.4 is 0 Å². The van der Waals surface area contributed by atoms with E-state index in [1.807, 2.05) is 0 Å². The van der Waals surface area contributed by atoms with Crippen LogP contribution in [-0.2, 0) is 14.3 Å². The van der Waals surface area contributed by atoms with Crippen molar-refractivity contribution in [3.05, 3.63) is 11.6 Å². The third kappa shape index (κ3) is 1.73. The highest BCUT2D eigenvalue weighted by molar-refractivity contribution is 5.96. The fourth-order valence-corrected chi connectivity index (χ4v) is 6.99. The molecule has 0 spiro atoms. The van der Waals surface area contributed by atoms with Crippen LogP contribution in [0, 0.1) is 34.5 Å². The van der Waals surface area contributed by atoms with Crippen LogP contribution in [0.3, 0.4) is 0 Å². The number of fused-ring (bicyclic) bond motifs is 2. The quantitative estimate of drug-likeness (QED) is 0.422. The van der Waals surface area contributed by atoms with E-state index < -0.39 is 76.8 Å². The Morgan fingerprint density at radius 1 is 0.962 bits per heavy atom. The van der Waals surface area contributed by atoms with Gasteiger partial charge in [0.1, 0.15) is 12.2 Å². The molecule has 0 bridgehead atoms. The van der Waals surface area contributed by atoms with Crippen molar-refractivity contribution in [2.45, 2.75) is 58.2 Å². The summed E-state index contributed by atoms with van der Waals surface area (Å²) in [4.78, 5) is 25.0. The van der Waals surface area contributed by atoms with E-state index in [9.17, 15) is 30.0 Å². The Morgan fingerprint density at radius 3 is 2.19 bits per heavy atom. The Morgan fingerprint density at radius 2 is 1.58 bits per heavy atom. The fraction of sp³-hybridized carbons (Fsp3) is 0.789. The molecule has 4 N–H and O–H groups in total. The maximum Gasteiger partial charge on any atom is 0.310 e. The van der Waals surface area contributed by atoms with E-state index in [0.29, 0.717) is 5.57 Å². The molecule has 0 aromatic heterocycles. The number of aliphatic hydroxyl groups is 4. The van der Waals surface area contributed by atoms with Crippen LogP contribution in [-0.4, -0.2) is 62.7 Å². The normalized spacial score (nSPS) is 58.6. The number of rotatable bonds is 0. The van der Waals surface area contributed by atoms with Crippen molar-refractivity contribution in [3.8, 4) is 0 Å². The van der Waals surface area contributed by atoms with Crippen molar-refractivity contribution in [2.24, 2.45) is 34.5 Å². The van der Waals surface area contributed by atoms with Gasteiger partial charge in [0.05, 0.1) is 24.2 Å². The fourth-order valence-electron chi connectivity index (χ4n) is 6.99. The van der Waals surface area contributed by atoms with Gasteiger partial charge in [-0.15, -0.1) is 0 Å². The zero-order valence-electron chi connectivity index (χ0n) is 15.3. The third-order valence-corrected chi connectivity index (χ3v) is 7.92. The summed E-state index contributed by atoms with van der Waals surface area (Å²) in [6.45, 7) is 6.80. The van der Waals surface area contributed by atoms with Gasteiger partial charge in [-0.05, 0) is 18.9 Å². The van der Waals surface area contributed by atoms with Crippen molar-refractivity contribution in [1.29, 1.82) is 0 Å². The van der Waals surface area contributed by atoms with Crippen molar-refractivity contribution >= 4 is 11.8 Å². The second kappa shape index (κ2) is 5.16. The highest BCUT2D eigenvalue weighted by atomic mass is 16.6. The van der Waals surface area contributed by atoms with Crippen molar-refractivity contribution in [1.82, 2.24) is 0 Å². The molecule has 2 saturated carbocycles. The summed E-state index contributed by atoms with van der Waals surface area (Å²) in [5.41, 5.74) is -1.65. The molecule has 11 atom stereocenters. The molecule has 0 aromatic carbocycles. The van der Waals surface area contributed by atoms with Gasteiger partial charge in [0.25, 0.3) is 0 Å². The van der Waals surface area contributed by atoms with Gasteiger partial charge in [0, 0.05) is 22.7 Å². The molecule has 3 fully saturated rings. The van der Waals surface area contributed by atoms with Crippen molar-refractivity contribution in [2.75, 3.05) is 0 Å². The highest BCUT2D eigenvalue weighted by Crippen LogP contribution is 2.68. The molecule has 144 valence electrons. The number of carbonyl (C=O) groups excluding carboxylic acids is 2. The summed E-state index contributed by atoms with van der Waals surface area (Å²) in [6.07, 6.45) is -4.55. The minimum absolute atomic E-state index is 0.488. The third-order valence-electron chi connectivity index (χ3n) is 7.92. The van der Waals surface area contributed by atoms with Gasteiger partial charge in [-0.3, -0.25) is 9.59 Å². The lowest BCUT2D eigenvalue weighted by Gasteiger charge is -2.65. The van der Waals surface area contributed by atoms with Crippen LogP contribution in [0.15, 0.2) is 11.6 Å². The molecule has 0 radical (unpaired) electrons. The van der Waals surface area contributed by atoms with E-state index >= 15 is 0 Å². The summed E-state index contributed by atoms with van der Waals surface area (Å²) in [5.74, 6) is -3.75. The van der Waals surface area contributed by atoms with Crippen LogP contribution in [0.5, 0.6) is 0 Å². The molecule has 1 saturated heterocycles. The smallest absolute Gasteiger partial charge is 0.310 e. The van der Waals surface area contributed by atoms with E-state index in [1.54, 1.807) is 27.7 Å². The molecule has 3 aliphatic carbocycles. The lowest BCUT2D eigenvalue weighted by Crippen LogP contribution is -2.74. The summed E-state index contributed by atoms with van der Waals surface area (Å²) >= 11 is 0. The number of ketones is 1. The molecule has 1 heterocycles. The Balaban J connectivity index is 2.00. The number of aliphatic hydroxyl groups excluding tert-OH is 4. The van der Waals surface area contributed by atoms with Crippen LogP contribution in [0.2, 0.25) is 0 Å². The van der Waals surface area contributed by atoms with Crippen LogP contribution in [0.1, 0.15) is 27.7 Å². The summed E-state index contributed by atoms with van der Waals surface area (Å²) < 4.78 is 5.56. The van der Waals surface area contributed by atoms with Gasteiger partial charge in [0.15, 0.2) is 5.78 Å². The lowest BCUT2D eigenvalue weighted by molar-refractivity contribution is -0.266. The Labute approximate surface area is 151 Å². The average molecular weight is 366 g/mol. The zero-order valence-corrected chi connectivity index (χ0v) is 15.3. The Bertz CT molecular complexity index is 717. The first kappa shape index (κ1) is 18.1. The summed E-state index contributed by atoms with van der Waals surface area (Å²) in [6, 6.07) is 0. The van der Waals surface area contributed by atoms with Gasteiger partial charge in [-0.2, -0.15) is 0 Å². The second-order valence-corrected chi connectivity index (χ2v) is 9.05. The first-order valence-electron chi connectivity index (χ1n) is 9.13. The van der Waals surface area contributed by atoms with E-state index in [2.05, 4.69) is 0 Å². The predicted octanol–water partition coefficient (Wildman–Crippen LogP) is -0.591. The molecule has 0 amide bonds. The first-order valence-corrected chi connectivity index (χ1v) is 9.13. The molecule has 7 heteroatoms. The molecule has 4 aliphatic rings. The van der Waals surface area contributed by atoms with E-state index in [0.717, 1.165) is 0 Å². The van der Waals surface area contributed by atoms with Gasteiger partial charge >= 0.3 is 5.97 Å². The molecule has 0 aromatic rings. The number of hydrogen-bond acceptors (Lipinski definition) is 7. The van der Waals surface area contributed by atoms with E-state index in [1.165, 1.54) is 6.08 Å². The van der Waals surface area contributed by atoms with Gasteiger partial charge in [0.2, 0.25) is 0 Å². The lowest BCUT2D eigenvalue weighted by atomic mass is 9.39. The van der Waals surface area contributed by atoms with Crippen LogP contribution in [0.25, 0.3) is 0 Å². The largest absolute Gasteiger partial charge is 0.459 e. The monoisotopic (exact) mass is 366 g/mol. The zero-order chi connectivity index (χ0) is 19.3. The Hall–Kier alpha value is -1.28. The van der Waals surface area contributed by atoms with E-state index in [-0.39, 0.29) is 0 Å². The van der Waals surface area contributed by atoms with Crippen molar-refractivity contribution in [3.63, 3.8) is 0 Å². The van der Waals surface area contributed by atoms with Crippen molar-refractivity contribution < 1.29 is 34.8 Å². The number of carbonyl (C=O) groups is 2. The standard InChI is InChI=1S/C19H26O7/c1-6-5-8(20)15(24)18(3)9(6)12(22)16-19(4)10(17(25)26-16)7(2)11(21)13(23)14(18)19/h5,7,9-16,21-24H,1-4H3/t7-,9+,10+,11-,12-,13-,14+,15-,16-,18+,19+/m1/s1. The maximum atomic E-state index is 12.6. The minimum Gasteiger partial charge on any atom is -0.459 e. The predicted molar refractivity (Wildman–Crippen MR) is 88.5 cm³/mol. The molecule has 4 rings (SSSR count). The topological polar surface area (TPSA) is 124 Å². The second-order valence-electron chi connectivity index (χ2n) is 9.05. The first-order chi connectivity index (χ1) is 12.0. The summed E-state index contributed by atoms with van der Waals surface area (Å²) in [7, 11) is 0. The summed E-state index contributed by atoms with van der Waals surface area (Å²) in [5, 5.41) is 43.6. The molecular weight excluding hydrogens is 340 g/mol. The van der Waals surface area contributed by atoms with Gasteiger partial charge in [-0.1, -0.05) is 26.3 Å². The van der Waals surface area contributed by atoms with Gasteiger partial charge < -0.3 is 25.2 Å².